The highest BCUT2D eigenvalue weighted by molar-refractivity contribution is 6.35. The summed E-state index contributed by atoms with van der Waals surface area (Å²) in [6.07, 6.45) is 0. The van der Waals surface area contributed by atoms with E-state index < -0.39 is 0 Å². The standard InChI is InChI=1S/C9H10Cl2N2/c10-6-1-7(11)3-8(2-6)13-5-9(13)4-12/h1-3,9H,4-5,12H2. The van der Waals surface area contributed by atoms with Crippen molar-refractivity contribution in [2.24, 2.45) is 5.73 Å². The van der Waals surface area contributed by atoms with E-state index in [9.17, 15) is 0 Å². The second-order valence-corrected chi connectivity index (χ2v) is 4.04. The lowest BCUT2D eigenvalue weighted by molar-refractivity contribution is 0.967. The van der Waals surface area contributed by atoms with Crippen LogP contribution in [0.5, 0.6) is 0 Å². The van der Waals surface area contributed by atoms with Gasteiger partial charge in [0.05, 0.1) is 6.04 Å². The minimum absolute atomic E-state index is 0.467. The molecular formula is C9H10Cl2N2. The zero-order valence-corrected chi connectivity index (χ0v) is 8.52. The molecule has 0 saturated carbocycles. The highest BCUT2D eigenvalue weighted by atomic mass is 35.5. The maximum absolute atomic E-state index is 5.87. The van der Waals surface area contributed by atoms with Gasteiger partial charge in [0, 0.05) is 28.8 Å². The molecule has 0 spiro atoms. The van der Waals surface area contributed by atoms with Crippen LogP contribution < -0.4 is 10.6 Å². The molecule has 0 aromatic heterocycles. The topological polar surface area (TPSA) is 29.0 Å². The van der Waals surface area contributed by atoms with Crippen LogP contribution in [0.4, 0.5) is 5.69 Å². The molecule has 70 valence electrons. The molecule has 1 atom stereocenters. The predicted molar refractivity (Wildman–Crippen MR) is 56.7 cm³/mol. The normalized spacial score (nSPS) is 20.5. The van der Waals surface area contributed by atoms with Gasteiger partial charge in [-0.3, -0.25) is 0 Å². The summed E-state index contributed by atoms with van der Waals surface area (Å²) in [5, 5.41) is 1.34. The first-order valence-electron chi connectivity index (χ1n) is 4.13. The lowest BCUT2D eigenvalue weighted by Crippen LogP contribution is -2.11. The summed E-state index contributed by atoms with van der Waals surface area (Å²) < 4.78 is 0. The van der Waals surface area contributed by atoms with E-state index in [1.807, 2.05) is 12.1 Å². The number of anilines is 1. The minimum atomic E-state index is 0.467. The first kappa shape index (κ1) is 9.13. The van der Waals surface area contributed by atoms with Crippen LogP contribution in [0.15, 0.2) is 18.2 Å². The fraction of sp³-hybridized carbons (Fsp3) is 0.333. The third-order valence-electron chi connectivity index (χ3n) is 2.17. The van der Waals surface area contributed by atoms with Gasteiger partial charge in [-0.15, -0.1) is 0 Å². The number of nitrogens with zero attached hydrogens (tertiary/aromatic N) is 1. The van der Waals surface area contributed by atoms with Crippen LogP contribution in [-0.4, -0.2) is 19.1 Å². The van der Waals surface area contributed by atoms with E-state index in [4.69, 9.17) is 28.9 Å². The molecule has 0 aliphatic carbocycles. The molecule has 2 rings (SSSR count). The Morgan fingerprint density at radius 2 is 1.92 bits per heavy atom. The zero-order chi connectivity index (χ0) is 9.42. The molecule has 13 heavy (non-hydrogen) atoms. The monoisotopic (exact) mass is 216 g/mol. The van der Waals surface area contributed by atoms with Crippen molar-refractivity contribution < 1.29 is 0 Å². The van der Waals surface area contributed by atoms with E-state index in [-0.39, 0.29) is 0 Å². The van der Waals surface area contributed by atoms with E-state index in [1.54, 1.807) is 6.07 Å². The maximum atomic E-state index is 5.87. The fourth-order valence-electron chi connectivity index (χ4n) is 1.40. The first-order chi connectivity index (χ1) is 6.20. The molecule has 1 aromatic carbocycles. The van der Waals surface area contributed by atoms with Gasteiger partial charge in [0.1, 0.15) is 0 Å². The summed E-state index contributed by atoms with van der Waals surface area (Å²) in [5.41, 5.74) is 6.59. The fourth-order valence-corrected chi connectivity index (χ4v) is 1.92. The number of nitrogens with two attached hydrogens (primary N) is 1. The summed E-state index contributed by atoms with van der Waals surface area (Å²) in [4.78, 5) is 2.18. The molecule has 2 N–H and O–H groups in total. The van der Waals surface area contributed by atoms with Gasteiger partial charge < -0.3 is 10.6 Å². The number of hydrogen-bond acceptors (Lipinski definition) is 2. The van der Waals surface area contributed by atoms with Crippen LogP contribution in [-0.2, 0) is 0 Å². The second kappa shape index (κ2) is 3.37. The van der Waals surface area contributed by atoms with Gasteiger partial charge in [0.25, 0.3) is 0 Å². The summed E-state index contributed by atoms with van der Waals surface area (Å²) in [5.74, 6) is 0. The molecule has 0 bridgehead atoms. The summed E-state index contributed by atoms with van der Waals surface area (Å²) >= 11 is 11.7. The zero-order valence-electron chi connectivity index (χ0n) is 7.00. The van der Waals surface area contributed by atoms with Gasteiger partial charge in [0.2, 0.25) is 0 Å². The van der Waals surface area contributed by atoms with Gasteiger partial charge in [0.15, 0.2) is 0 Å². The smallest absolute Gasteiger partial charge is 0.0588 e. The Hall–Kier alpha value is -0.440. The molecule has 1 aliphatic rings. The third kappa shape index (κ3) is 1.90. The third-order valence-corrected chi connectivity index (χ3v) is 2.60. The van der Waals surface area contributed by atoms with Gasteiger partial charge in [-0.25, -0.2) is 0 Å². The Morgan fingerprint density at radius 1 is 1.31 bits per heavy atom. The van der Waals surface area contributed by atoms with Crippen LogP contribution in [0.3, 0.4) is 0 Å². The number of hydrogen-bond donors (Lipinski definition) is 1. The lowest BCUT2D eigenvalue weighted by atomic mass is 10.3. The minimum Gasteiger partial charge on any atom is -0.363 e. The van der Waals surface area contributed by atoms with E-state index in [2.05, 4.69) is 4.90 Å². The van der Waals surface area contributed by atoms with Gasteiger partial charge in [-0.05, 0) is 18.2 Å². The van der Waals surface area contributed by atoms with Crippen molar-refractivity contribution in [3.05, 3.63) is 28.2 Å². The van der Waals surface area contributed by atoms with Crippen LogP contribution in [0.2, 0.25) is 10.0 Å². The summed E-state index contributed by atoms with van der Waals surface area (Å²) in [6.45, 7) is 1.69. The molecule has 0 radical (unpaired) electrons. The number of rotatable bonds is 2. The van der Waals surface area contributed by atoms with E-state index in [0.717, 1.165) is 12.2 Å². The largest absolute Gasteiger partial charge is 0.363 e. The van der Waals surface area contributed by atoms with Gasteiger partial charge >= 0.3 is 0 Å². The molecule has 1 saturated heterocycles. The molecule has 2 nitrogen and oxygen atoms in total. The second-order valence-electron chi connectivity index (χ2n) is 3.17. The molecule has 1 aromatic rings. The van der Waals surface area contributed by atoms with Crippen molar-refractivity contribution >= 4 is 28.9 Å². The van der Waals surface area contributed by atoms with Gasteiger partial charge in [-0.2, -0.15) is 0 Å². The Balaban J connectivity index is 2.22. The van der Waals surface area contributed by atoms with Crippen LogP contribution in [0.1, 0.15) is 0 Å². The molecule has 4 heteroatoms. The highest BCUT2D eigenvalue weighted by Gasteiger charge is 2.32. The SMILES string of the molecule is NCC1CN1c1cc(Cl)cc(Cl)c1. The molecule has 0 amide bonds. The van der Waals surface area contributed by atoms with Crippen molar-refractivity contribution in [3.8, 4) is 0 Å². The summed E-state index contributed by atoms with van der Waals surface area (Å²) in [7, 11) is 0. The van der Waals surface area contributed by atoms with Crippen molar-refractivity contribution in [2.75, 3.05) is 18.0 Å². The van der Waals surface area contributed by atoms with Crippen LogP contribution >= 0.6 is 23.2 Å². The van der Waals surface area contributed by atoms with Crippen molar-refractivity contribution in [1.82, 2.24) is 0 Å². The quantitative estimate of drug-likeness (QED) is 0.769. The van der Waals surface area contributed by atoms with Crippen molar-refractivity contribution in [2.45, 2.75) is 6.04 Å². The van der Waals surface area contributed by atoms with Crippen molar-refractivity contribution in [1.29, 1.82) is 0 Å². The number of benzene rings is 1. The summed E-state index contributed by atoms with van der Waals surface area (Å²) in [6, 6.07) is 6.01. The van der Waals surface area contributed by atoms with E-state index >= 15 is 0 Å². The first-order valence-corrected chi connectivity index (χ1v) is 4.89. The Kier molecular flexibility index (Phi) is 2.37. The van der Waals surface area contributed by atoms with Crippen molar-refractivity contribution in [3.63, 3.8) is 0 Å². The van der Waals surface area contributed by atoms with Gasteiger partial charge in [-0.1, -0.05) is 23.2 Å². The van der Waals surface area contributed by atoms with Crippen LogP contribution in [0, 0.1) is 0 Å². The predicted octanol–water partition coefficient (Wildman–Crippen LogP) is 2.14. The maximum Gasteiger partial charge on any atom is 0.0588 e. The van der Waals surface area contributed by atoms with E-state index in [0.29, 0.717) is 22.6 Å². The average Bonchev–Trinajstić information content (AvgIpc) is 2.80. The molecular weight excluding hydrogens is 207 g/mol. The molecule has 1 fully saturated rings. The average molecular weight is 217 g/mol. The highest BCUT2D eigenvalue weighted by Crippen LogP contribution is 2.31. The number of halogens is 2. The van der Waals surface area contributed by atoms with Crippen LogP contribution in [0.25, 0.3) is 0 Å². The lowest BCUT2D eigenvalue weighted by Gasteiger charge is -2.05. The Labute approximate surface area is 87.2 Å². The Bertz CT molecular complexity index is 307. The molecule has 1 aliphatic heterocycles. The Morgan fingerprint density at radius 3 is 2.38 bits per heavy atom. The molecule has 1 unspecified atom stereocenters. The van der Waals surface area contributed by atoms with E-state index in [1.165, 1.54) is 0 Å². The molecule has 1 heterocycles.